The summed E-state index contributed by atoms with van der Waals surface area (Å²) < 4.78 is 0. The maximum Gasteiger partial charge on any atom is 0.0652 e. The van der Waals surface area contributed by atoms with Crippen molar-refractivity contribution in [2.24, 2.45) is 0 Å². The van der Waals surface area contributed by atoms with Crippen molar-refractivity contribution in [2.75, 3.05) is 13.7 Å². The summed E-state index contributed by atoms with van der Waals surface area (Å²) in [6, 6.07) is 3.79. The van der Waals surface area contributed by atoms with Crippen molar-refractivity contribution < 1.29 is 5.11 Å². The first-order chi connectivity index (χ1) is 5.73. The fraction of sp³-hybridized carbons (Fsp3) is 0.444. The quantitative estimate of drug-likeness (QED) is 0.687. The first-order valence-electron chi connectivity index (χ1n) is 3.93. The number of aliphatic hydroxyl groups excluding tert-OH is 1. The van der Waals surface area contributed by atoms with Gasteiger partial charge < -0.3 is 10.4 Å². The van der Waals surface area contributed by atoms with Crippen LogP contribution in [-0.4, -0.2) is 23.7 Å². The van der Waals surface area contributed by atoms with E-state index in [1.54, 1.807) is 12.4 Å². The Kier molecular flexibility index (Phi) is 2.78. The molecule has 0 fully saturated rings. The number of aliphatic hydroxyl groups is 1. The number of hydrogen-bond donors (Lipinski definition) is 2. The molecule has 3 heteroatoms. The van der Waals surface area contributed by atoms with E-state index in [0.29, 0.717) is 0 Å². The van der Waals surface area contributed by atoms with Gasteiger partial charge in [0, 0.05) is 12.4 Å². The average molecular weight is 166 g/mol. The minimum Gasteiger partial charge on any atom is -0.394 e. The summed E-state index contributed by atoms with van der Waals surface area (Å²) >= 11 is 0. The summed E-state index contributed by atoms with van der Waals surface area (Å²) in [5, 5.41) is 12.2. The maximum absolute atomic E-state index is 9.16. The lowest BCUT2D eigenvalue weighted by molar-refractivity contribution is 0.183. The van der Waals surface area contributed by atoms with Crippen LogP contribution >= 0.6 is 0 Å². The van der Waals surface area contributed by atoms with Gasteiger partial charge in [-0.15, -0.1) is 0 Å². The van der Waals surface area contributed by atoms with Crippen LogP contribution in [0.1, 0.15) is 12.5 Å². The van der Waals surface area contributed by atoms with Crippen molar-refractivity contribution in [3.63, 3.8) is 0 Å². The molecule has 0 saturated carbocycles. The molecule has 0 aliphatic carbocycles. The Balaban J connectivity index is 2.95. The minimum atomic E-state index is -0.358. The average Bonchev–Trinajstić information content (AvgIpc) is 2.18. The maximum atomic E-state index is 9.16. The number of pyridine rings is 1. The van der Waals surface area contributed by atoms with Crippen LogP contribution in [0.2, 0.25) is 0 Å². The van der Waals surface area contributed by atoms with Gasteiger partial charge >= 0.3 is 0 Å². The summed E-state index contributed by atoms with van der Waals surface area (Å²) in [6.07, 6.45) is 3.45. The molecule has 2 N–H and O–H groups in total. The summed E-state index contributed by atoms with van der Waals surface area (Å²) in [4.78, 5) is 3.92. The van der Waals surface area contributed by atoms with Crippen LogP contribution < -0.4 is 5.32 Å². The van der Waals surface area contributed by atoms with Crippen LogP contribution in [0.3, 0.4) is 0 Å². The zero-order valence-corrected chi connectivity index (χ0v) is 7.41. The topological polar surface area (TPSA) is 45.1 Å². The molecular weight excluding hydrogens is 152 g/mol. The fourth-order valence-corrected chi connectivity index (χ4v) is 1.03. The second-order valence-electron chi connectivity index (χ2n) is 2.98. The first-order valence-corrected chi connectivity index (χ1v) is 3.93. The molecule has 0 amide bonds. The Morgan fingerprint density at radius 3 is 2.50 bits per heavy atom. The number of rotatable bonds is 3. The Bertz CT molecular complexity index is 232. The van der Waals surface area contributed by atoms with E-state index in [1.165, 1.54) is 0 Å². The third-order valence-corrected chi connectivity index (χ3v) is 2.19. The molecule has 1 aromatic rings. The lowest BCUT2D eigenvalue weighted by atomic mass is 9.94. The highest BCUT2D eigenvalue weighted by molar-refractivity contribution is 5.20. The predicted octanol–water partition coefficient (Wildman–Crippen LogP) is 0.509. The Hall–Kier alpha value is -0.930. The lowest BCUT2D eigenvalue weighted by Crippen LogP contribution is -2.40. The van der Waals surface area contributed by atoms with Crippen LogP contribution in [0, 0.1) is 0 Å². The van der Waals surface area contributed by atoms with Gasteiger partial charge in [-0.1, -0.05) is 0 Å². The van der Waals surface area contributed by atoms with Gasteiger partial charge in [-0.3, -0.25) is 4.98 Å². The second kappa shape index (κ2) is 3.65. The van der Waals surface area contributed by atoms with E-state index in [9.17, 15) is 0 Å². The van der Waals surface area contributed by atoms with Gasteiger partial charge in [-0.2, -0.15) is 0 Å². The van der Waals surface area contributed by atoms with Crippen molar-refractivity contribution in [3.8, 4) is 0 Å². The standard InChI is InChI=1S/C9H14N2O/c1-9(7-12,10-2)8-3-5-11-6-4-8/h3-6,10,12H,7H2,1-2H3. The SMILES string of the molecule is CNC(C)(CO)c1ccncc1. The van der Waals surface area contributed by atoms with Crippen molar-refractivity contribution in [1.29, 1.82) is 0 Å². The monoisotopic (exact) mass is 166 g/mol. The molecule has 0 aliphatic heterocycles. The van der Waals surface area contributed by atoms with Gasteiger partial charge in [0.2, 0.25) is 0 Å². The van der Waals surface area contributed by atoms with Crippen LogP contribution in [0.4, 0.5) is 0 Å². The van der Waals surface area contributed by atoms with Gasteiger partial charge in [0.05, 0.1) is 12.1 Å². The molecule has 0 aliphatic rings. The molecule has 1 heterocycles. The van der Waals surface area contributed by atoms with Crippen molar-refractivity contribution in [2.45, 2.75) is 12.5 Å². The van der Waals surface area contributed by atoms with E-state index in [2.05, 4.69) is 10.3 Å². The second-order valence-corrected chi connectivity index (χ2v) is 2.98. The lowest BCUT2D eigenvalue weighted by Gasteiger charge is -2.26. The van der Waals surface area contributed by atoms with E-state index in [0.717, 1.165) is 5.56 Å². The zero-order valence-electron chi connectivity index (χ0n) is 7.41. The summed E-state index contributed by atoms with van der Waals surface area (Å²) in [6.45, 7) is 2.02. The van der Waals surface area contributed by atoms with Crippen LogP contribution in [-0.2, 0) is 5.54 Å². The third kappa shape index (κ3) is 1.62. The van der Waals surface area contributed by atoms with Gasteiger partial charge in [0.15, 0.2) is 0 Å². The van der Waals surface area contributed by atoms with Gasteiger partial charge in [0.1, 0.15) is 0 Å². The van der Waals surface area contributed by atoms with Crippen LogP contribution in [0.25, 0.3) is 0 Å². The Morgan fingerprint density at radius 2 is 2.08 bits per heavy atom. The van der Waals surface area contributed by atoms with Gasteiger partial charge in [-0.05, 0) is 31.7 Å². The molecule has 66 valence electrons. The smallest absolute Gasteiger partial charge is 0.0652 e. The van der Waals surface area contributed by atoms with Crippen molar-refractivity contribution in [3.05, 3.63) is 30.1 Å². The molecule has 1 rings (SSSR count). The fourth-order valence-electron chi connectivity index (χ4n) is 1.03. The van der Waals surface area contributed by atoms with Gasteiger partial charge in [0.25, 0.3) is 0 Å². The Labute approximate surface area is 72.5 Å². The highest BCUT2D eigenvalue weighted by Crippen LogP contribution is 2.17. The molecule has 0 spiro atoms. The van der Waals surface area contributed by atoms with Crippen molar-refractivity contribution in [1.82, 2.24) is 10.3 Å². The normalized spacial score (nSPS) is 15.6. The van der Waals surface area contributed by atoms with Gasteiger partial charge in [-0.25, -0.2) is 0 Å². The minimum absolute atomic E-state index is 0.0769. The zero-order chi connectivity index (χ0) is 9.03. The summed E-state index contributed by atoms with van der Waals surface area (Å²) in [5.41, 5.74) is 0.686. The highest BCUT2D eigenvalue weighted by Gasteiger charge is 2.22. The third-order valence-electron chi connectivity index (χ3n) is 2.19. The summed E-state index contributed by atoms with van der Waals surface area (Å²) in [7, 11) is 1.83. The van der Waals surface area contributed by atoms with E-state index >= 15 is 0 Å². The highest BCUT2D eigenvalue weighted by atomic mass is 16.3. The van der Waals surface area contributed by atoms with E-state index in [4.69, 9.17) is 5.11 Å². The number of aromatic nitrogens is 1. The molecular formula is C9H14N2O. The molecule has 0 radical (unpaired) electrons. The van der Waals surface area contributed by atoms with Crippen LogP contribution in [0.15, 0.2) is 24.5 Å². The molecule has 0 saturated heterocycles. The van der Waals surface area contributed by atoms with Crippen molar-refractivity contribution >= 4 is 0 Å². The van der Waals surface area contributed by atoms with Crippen LogP contribution in [0.5, 0.6) is 0 Å². The largest absolute Gasteiger partial charge is 0.394 e. The molecule has 1 unspecified atom stereocenters. The molecule has 1 atom stereocenters. The van der Waals surface area contributed by atoms with E-state index in [-0.39, 0.29) is 12.1 Å². The predicted molar refractivity (Wildman–Crippen MR) is 47.7 cm³/mol. The Morgan fingerprint density at radius 1 is 1.50 bits per heavy atom. The van der Waals surface area contributed by atoms with E-state index < -0.39 is 0 Å². The molecule has 0 bridgehead atoms. The number of nitrogens with one attached hydrogen (secondary N) is 1. The number of hydrogen-bond acceptors (Lipinski definition) is 3. The number of nitrogens with zero attached hydrogens (tertiary/aromatic N) is 1. The summed E-state index contributed by atoms with van der Waals surface area (Å²) in [5.74, 6) is 0. The number of likely N-dealkylation sites (N-methyl/N-ethyl adjacent to an activating group) is 1. The molecule has 0 aromatic carbocycles. The molecule has 12 heavy (non-hydrogen) atoms. The van der Waals surface area contributed by atoms with E-state index in [1.807, 2.05) is 26.1 Å². The molecule has 3 nitrogen and oxygen atoms in total. The molecule has 1 aromatic heterocycles. The first kappa shape index (κ1) is 9.16.